The van der Waals surface area contributed by atoms with Crippen molar-refractivity contribution in [3.05, 3.63) is 71.4 Å². The average Bonchev–Trinajstić information content (AvgIpc) is 3.39. The lowest BCUT2D eigenvalue weighted by molar-refractivity contribution is 0.243. The highest BCUT2D eigenvalue weighted by Gasteiger charge is 2.60. The van der Waals surface area contributed by atoms with E-state index in [1.165, 1.54) is 18.1 Å². The van der Waals surface area contributed by atoms with Gasteiger partial charge in [0.15, 0.2) is 5.82 Å². The van der Waals surface area contributed by atoms with Crippen molar-refractivity contribution in [2.24, 2.45) is 5.92 Å². The van der Waals surface area contributed by atoms with Crippen molar-refractivity contribution in [3.8, 4) is 22.5 Å². The fourth-order valence-corrected chi connectivity index (χ4v) is 5.92. The third kappa shape index (κ3) is 3.52. The lowest BCUT2D eigenvalue weighted by Crippen LogP contribution is -2.32. The summed E-state index contributed by atoms with van der Waals surface area (Å²) in [4.78, 5) is 11.0. The predicted octanol–water partition coefficient (Wildman–Crippen LogP) is 4.77. The Bertz CT molecular complexity index is 1350. The molecule has 7 heteroatoms. The minimum Gasteiger partial charge on any atom is -0.385 e. The number of fused-ring (bicyclic) bond motifs is 2. The molecule has 180 valence electrons. The van der Waals surface area contributed by atoms with Gasteiger partial charge in [-0.25, -0.2) is 9.37 Å². The third-order valence-corrected chi connectivity index (χ3v) is 8.00. The van der Waals surface area contributed by atoms with Crippen LogP contribution < -0.4 is 11.1 Å². The second-order valence-electron chi connectivity index (χ2n) is 10.4. The highest BCUT2D eigenvalue weighted by molar-refractivity contribution is 5.77. The van der Waals surface area contributed by atoms with Crippen molar-refractivity contribution in [2.75, 3.05) is 25.4 Å². The first-order valence-corrected chi connectivity index (χ1v) is 12.2. The molecule has 35 heavy (non-hydrogen) atoms. The van der Waals surface area contributed by atoms with Crippen LogP contribution in [0.1, 0.15) is 37.0 Å². The minimum atomic E-state index is -0.732. The molecule has 0 unspecified atom stereocenters. The molecule has 0 bridgehead atoms. The van der Waals surface area contributed by atoms with Crippen LogP contribution in [-0.2, 0) is 11.8 Å². The number of hydrogen-bond acceptors (Lipinski definition) is 5. The molecule has 1 saturated heterocycles. The smallest absolute Gasteiger partial charge is 0.241 e. The molecule has 0 radical (unpaired) electrons. The van der Waals surface area contributed by atoms with Gasteiger partial charge in [0.25, 0.3) is 0 Å². The SMILES string of the molecule is C=C1NCCc2cc(-c3nc(-c4ccc([C@@]56C[C@@H]5CN(C(C)C)C6)cc4)c(F)nc3N)cc(F)c21. The van der Waals surface area contributed by atoms with Gasteiger partial charge in [-0.15, -0.1) is 0 Å². The number of hydrogen-bond donors (Lipinski definition) is 2. The predicted molar refractivity (Wildman–Crippen MR) is 134 cm³/mol. The van der Waals surface area contributed by atoms with Crippen LogP contribution in [0.4, 0.5) is 14.6 Å². The lowest BCUT2D eigenvalue weighted by Gasteiger charge is -2.24. The van der Waals surface area contributed by atoms with Crippen LogP contribution in [-0.4, -0.2) is 40.5 Å². The average molecular weight is 474 g/mol. The number of rotatable bonds is 4. The molecular weight excluding hydrogens is 444 g/mol. The lowest BCUT2D eigenvalue weighted by atomic mass is 9.93. The number of aromatic nitrogens is 2. The van der Waals surface area contributed by atoms with Crippen molar-refractivity contribution in [1.82, 2.24) is 20.2 Å². The first kappa shape index (κ1) is 22.2. The topological polar surface area (TPSA) is 67.1 Å². The molecule has 5 nitrogen and oxygen atoms in total. The van der Waals surface area contributed by atoms with Gasteiger partial charge in [0, 0.05) is 53.5 Å². The number of nitrogens with two attached hydrogens (primary N) is 1. The molecular formula is C28H29F2N5. The Morgan fingerprint density at radius 3 is 2.60 bits per heavy atom. The summed E-state index contributed by atoms with van der Waals surface area (Å²) in [6, 6.07) is 11.8. The first-order valence-electron chi connectivity index (χ1n) is 12.2. The molecule has 1 saturated carbocycles. The number of nitrogens with one attached hydrogen (secondary N) is 1. The Kier molecular flexibility index (Phi) is 4.97. The molecule has 2 fully saturated rings. The van der Waals surface area contributed by atoms with Gasteiger partial charge in [0.1, 0.15) is 17.2 Å². The Labute approximate surface area is 204 Å². The molecule has 1 aliphatic carbocycles. The molecule has 2 aromatic carbocycles. The summed E-state index contributed by atoms with van der Waals surface area (Å²) in [6.07, 6.45) is 1.86. The van der Waals surface area contributed by atoms with E-state index < -0.39 is 11.8 Å². The van der Waals surface area contributed by atoms with E-state index in [2.05, 4.69) is 52.7 Å². The number of piperidine rings is 1. The molecule has 3 heterocycles. The van der Waals surface area contributed by atoms with Crippen molar-refractivity contribution >= 4 is 11.5 Å². The minimum absolute atomic E-state index is 0.0607. The zero-order chi connectivity index (χ0) is 24.5. The molecule has 0 spiro atoms. The van der Waals surface area contributed by atoms with Crippen LogP contribution >= 0.6 is 0 Å². The molecule has 6 rings (SSSR count). The number of halogens is 2. The molecule has 3 N–H and O–H groups in total. The van der Waals surface area contributed by atoms with Crippen molar-refractivity contribution in [3.63, 3.8) is 0 Å². The molecule has 1 aromatic heterocycles. The Hall–Kier alpha value is -3.32. The van der Waals surface area contributed by atoms with Gasteiger partial charge in [-0.05, 0) is 55.9 Å². The van der Waals surface area contributed by atoms with E-state index in [0.29, 0.717) is 47.3 Å². The Morgan fingerprint density at radius 1 is 1.11 bits per heavy atom. The number of benzene rings is 2. The summed E-state index contributed by atoms with van der Waals surface area (Å²) in [5.74, 6) is -0.504. The number of nitrogens with zero attached hydrogens (tertiary/aromatic N) is 3. The summed E-state index contributed by atoms with van der Waals surface area (Å²) >= 11 is 0. The van der Waals surface area contributed by atoms with E-state index >= 15 is 0 Å². The first-order chi connectivity index (χ1) is 16.8. The maximum Gasteiger partial charge on any atom is 0.241 e. The third-order valence-electron chi connectivity index (χ3n) is 8.00. The van der Waals surface area contributed by atoms with Gasteiger partial charge in [-0.1, -0.05) is 30.8 Å². The van der Waals surface area contributed by atoms with Gasteiger partial charge in [-0.3, -0.25) is 4.90 Å². The fourth-order valence-electron chi connectivity index (χ4n) is 5.92. The van der Waals surface area contributed by atoms with E-state index in [-0.39, 0.29) is 22.6 Å². The monoisotopic (exact) mass is 473 g/mol. The Balaban J connectivity index is 1.35. The van der Waals surface area contributed by atoms with Crippen molar-refractivity contribution in [1.29, 1.82) is 0 Å². The summed E-state index contributed by atoms with van der Waals surface area (Å²) in [5, 5.41) is 3.09. The zero-order valence-corrected chi connectivity index (χ0v) is 20.0. The van der Waals surface area contributed by atoms with Crippen LogP contribution in [0.5, 0.6) is 0 Å². The van der Waals surface area contributed by atoms with Crippen molar-refractivity contribution in [2.45, 2.75) is 38.1 Å². The van der Waals surface area contributed by atoms with E-state index in [1.807, 2.05) is 18.2 Å². The molecule has 3 aromatic rings. The van der Waals surface area contributed by atoms with Crippen LogP contribution in [0.25, 0.3) is 28.2 Å². The summed E-state index contributed by atoms with van der Waals surface area (Å²) in [6.45, 7) is 11.3. The van der Waals surface area contributed by atoms with Gasteiger partial charge >= 0.3 is 0 Å². The molecule has 2 aliphatic heterocycles. The summed E-state index contributed by atoms with van der Waals surface area (Å²) < 4.78 is 29.9. The van der Waals surface area contributed by atoms with E-state index in [4.69, 9.17) is 5.73 Å². The second kappa shape index (κ2) is 7.85. The normalized spacial score (nSPS) is 23.2. The largest absolute Gasteiger partial charge is 0.385 e. The molecule has 3 aliphatic rings. The van der Waals surface area contributed by atoms with Gasteiger partial charge in [0.2, 0.25) is 5.95 Å². The van der Waals surface area contributed by atoms with Crippen LogP contribution in [0.2, 0.25) is 0 Å². The van der Waals surface area contributed by atoms with Crippen molar-refractivity contribution < 1.29 is 8.78 Å². The maximum atomic E-state index is 14.9. The van der Waals surface area contributed by atoms with E-state index in [9.17, 15) is 8.78 Å². The number of anilines is 1. The highest BCUT2D eigenvalue weighted by atomic mass is 19.1. The number of nitrogen functional groups attached to an aromatic ring is 1. The standard InChI is InChI=1S/C28H29F2N5/c1-15(2)35-13-21-12-28(21,14-35)20-6-4-17(5-7-20)24-26(30)34-27(31)25(33-24)19-10-18-8-9-32-16(3)23(18)22(29)11-19/h4-7,10-11,15,21,32H,3,8-9,12-14H2,1-2H3,(H2,31,34)/t21-,28+/m1/s1. The summed E-state index contributed by atoms with van der Waals surface area (Å²) in [7, 11) is 0. The molecule has 2 atom stereocenters. The van der Waals surface area contributed by atoms with Gasteiger partial charge in [0.05, 0.1) is 0 Å². The van der Waals surface area contributed by atoms with Gasteiger partial charge in [-0.2, -0.15) is 9.37 Å². The van der Waals surface area contributed by atoms with Gasteiger partial charge < -0.3 is 11.1 Å². The number of likely N-dealkylation sites (tertiary alicyclic amines) is 1. The Morgan fingerprint density at radius 2 is 1.89 bits per heavy atom. The maximum absolute atomic E-state index is 14.9. The highest BCUT2D eigenvalue weighted by Crippen LogP contribution is 2.59. The van der Waals surface area contributed by atoms with Crippen LogP contribution in [0.15, 0.2) is 43.0 Å². The van der Waals surface area contributed by atoms with E-state index in [1.54, 1.807) is 0 Å². The van der Waals surface area contributed by atoms with Crippen LogP contribution in [0, 0.1) is 17.7 Å². The second-order valence-corrected chi connectivity index (χ2v) is 10.4. The van der Waals surface area contributed by atoms with Crippen LogP contribution in [0.3, 0.4) is 0 Å². The fraction of sp³-hybridized carbons (Fsp3) is 0.357. The zero-order valence-electron chi connectivity index (χ0n) is 20.0. The molecule has 0 amide bonds. The van der Waals surface area contributed by atoms with E-state index in [0.717, 1.165) is 18.7 Å². The quantitative estimate of drug-likeness (QED) is 0.572. The summed E-state index contributed by atoms with van der Waals surface area (Å²) in [5.41, 5.74) is 10.9.